The van der Waals surface area contributed by atoms with E-state index in [9.17, 15) is 20.1 Å². The number of fused-ring (bicyclic) bond motifs is 4. The van der Waals surface area contributed by atoms with Gasteiger partial charge in [-0.25, -0.2) is 0 Å². The molecular formula is C30H39N3O6. The quantitative estimate of drug-likeness (QED) is 0.279. The lowest BCUT2D eigenvalue weighted by Gasteiger charge is -2.65. The van der Waals surface area contributed by atoms with E-state index in [-0.39, 0.29) is 35.0 Å². The van der Waals surface area contributed by atoms with Gasteiger partial charge in [0.25, 0.3) is 5.91 Å². The van der Waals surface area contributed by atoms with E-state index in [4.69, 9.17) is 19.9 Å². The molecule has 0 bridgehead atoms. The van der Waals surface area contributed by atoms with Gasteiger partial charge in [-0.05, 0) is 79.5 Å². The van der Waals surface area contributed by atoms with Crippen molar-refractivity contribution in [2.24, 2.45) is 34.1 Å². The molecule has 1 spiro atoms. The second kappa shape index (κ2) is 9.59. The van der Waals surface area contributed by atoms with Crippen molar-refractivity contribution in [1.29, 1.82) is 5.41 Å². The fourth-order valence-corrected chi connectivity index (χ4v) is 8.76. The fourth-order valence-electron chi connectivity index (χ4n) is 8.76. The smallest absolute Gasteiger partial charge is 0.251 e. The highest BCUT2D eigenvalue weighted by Gasteiger charge is 2.77. The molecular weight excluding hydrogens is 498 g/mol. The largest absolute Gasteiger partial charge is 0.393 e. The Labute approximate surface area is 228 Å². The first-order valence-electron chi connectivity index (χ1n) is 14.1. The summed E-state index contributed by atoms with van der Waals surface area (Å²) < 4.78 is 10.9. The van der Waals surface area contributed by atoms with Crippen molar-refractivity contribution in [3.05, 3.63) is 41.5 Å². The van der Waals surface area contributed by atoms with E-state index in [1.54, 1.807) is 19.2 Å². The highest BCUT2D eigenvalue weighted by atomic mass is 16.7. The second-order valence-corrected chi connectivity index (χ2v) is 12.3. The Hall–Kier alpha value is -2.43. The minimum absolute atomic E-state index is 0.0139. The Kier molecular flexibility index (Phi) is 6.59. The molecule has 1 saturated heterocycles. The average Bonchev–Trinajstić information content (AvgIpc) is 3.15. The Balaban J connectivity index is 1.28. The van der Waals surface area contributed by atoms with Crippen LogP contribution in [-0.2, 0) is 9.47 Å². The first-order valence-corrected chi connectivity index (χ1v) is 14.1. The minimum Gasteiger partial charge on any atom is -0.393 e. The van der Waals surface area contributed by atoms with Crippen molar-refractivity contribution in [3.63, 3.8) is 0 Å². The zero-order valence-corrected chi connectivity index (χ0v) is 22.6. The summed E-state index contributed by atoms with van der Waals surface area (Å²) in [6, 6.07) is 7.19. The fraction of sp³-hybridized carbons (Fsp3) is 0.633. The third-order valence-corrected chi connectivity index (χ3v) is 10.5. The van der Waals surface area contributed by atoms with Gasteiger partial charge in [0.15, 0.2) is 6.29 Å². The monoisotopic (exact) mass is 537 g/mol. The number of methoxy groups -OCH3 is 1. The molecule has 5 N–H and O–H groups in total. The van der Waals surface area contributed by atoms with Crippen molar-refractivity contribution in [2.45, 2.75) is 69.0 Å². The van der Waals surface area contributed by atoms with Crippen molar-refractivity contribution >= 4 is 23.5 Å². The van der Waals surface area contributed by atoms with Crippen LogP contribution in [0.15, 0.2) is 40.9 Å². The molecule has 9 unspecified atom stereocenters. The van der Waals surface area contributed by atoms with Crippen LogP contribution < -0.4 is 5.32 Å². The zero-order chi connectivity index (χ0) is 27.6. The predicted molar refractivity (Wildman–Crippen MR) is 145 cm³/mol. The van der Waals surface area contributed by atoms with E-state index in [2.05, 4.69) is 18.3 Å². The molecule has 4 fully saturated rings. The molecule has 39 heavy (non-hydrogen) atoms. The summed E-state index contributed by atoms with van der Waals surface area (Å²) in [6.45, 7) is 3.08. The number of carbonyl (C=O) groups excluding carboxylic acids is 1. The van der Waals surface area contributed by atoms with Gasteiger partial charge in [0.2, 0.25) is 0 Å². The number of hydrogen-bond donors (Lipinski definition) is 5. The van der Waals surface area contributed by atoms with Crippen LogP contribution in [0, 0.1) is 34.5 Å². The van der Waals surface area contributed by atoms with Gasteiger partial charge in [0.1, 0.15) is 11.2 Å². The van der Waals surface area contributed by atoms with Crippen LogP contribution in [0.4, 0.5) is 5.69 Å². The van der Waals surface area contributed by atoms with Crippen LogP contribution in [0.3, 0.4) is 0 Å². The van der Waals surface area contributed by atoms with Crippen molar-refractivity contribution in [3.8, 4) is 0 Å². The highest BCUT2D eigenvalue weighted by molar-refractivity contribution is 6.08. The molecule has 9 heteroatoms. The normalized spacial score (nSPS) is 43.3. The number of nitrogens with one attached hydrogen (secondary N) is 2. The third kappa shape index (κ3) is 3.89. The summed E-state index contributed by atoms with van der Waals surface area (Å²) in [5.41, 5.74) is 0.801. The summed E-state index contributed by atoms with van der Waals surface area (Å²) in [5, 5.41) is 44.1. The van der Waals surface area contributed by atoms with Gasteiger partial charge in [-0.1, -0.05) is 18.6 Å². The Bertz CT molecular complexity index is 1230. The number of nitrogens with zero attached hydrogens (tertiary/aromatic N) is 1. The van der Waals surface area contributed by atoms with Gasteiger partial charge in [0, 0.05) is 43.5 Å². The number of rotatable bonds is 6. The molecule has 3 saturated carbocycles. The number of hydrogen-bond acceptors (Lipinski definition) is 8. The lowest BCUT2D eigenvalue weighted by molar-refractivity contribution is -0.428. The van der Waals surface area contributed by atoms with E-state index in [0.29, 0.717) is 43.7 Å². The van der Waals surface area contributed by atoms with E-state index in [1.165, 1.54) is 11.8 Å². The topological polar surface area (TPSA) is 144 Å². The van der Waals surface area contributed by atoms with Gasteiger partial charge in [-0.3, -0.25) is 9.79 Å². The van der Waals surface area contributed by atoms with Gasteiger partial charge < -0.3 is 35.5 Å². The van der Waals surface area contributed by atoms with Crippen LogP contribution in [0.5, 0.6) is 0 Å². The molecule has 9 atom stereocenters. The first-order chi connectivity index (χ1) is 18.7. The lowest BCUT2D eigenvalue weighted by atomic mass is 9.46. The summed E-state index contributed by atoms with van der Waals surface area (Å²) >= 11 is 0. The number of allylic oxidation sites excluding steroid dienone is 2. The Morgan fingerprint density at radius 2 is 2.13 bits per heavy atom. The van der Waals surface area contributed by atoms with E-state index < -0.39 is 23.6 Å². The number of ether oxygens (including phenoxy) is 2. The van der Waals surface area contributed by atoms with E-state index in [1.807, 2.05) is 12.1 Å². The maximum atomic E-state index is 12.5. The summed E-state index contributed by atoms with van der Waals surface area (Å²) in [5.74, 6) is -0.141. The highest BCUT2D eigenvalue weighted by Crippen LogP contribution is 2.69. The summed E-state index contributed by atoms with van der Waals surface area (Å²) in [4.78, 5) is 17.4. The van der Waals surface area contributed by atoms with Crippen molar-refractivity contribution < 1.29 is 29.6 Å². The van der Waals surface area contributed by atoms with Crippen molar-refractivity contribution in [1.82, 2.24) is 5.32 Å². The minimum atomic E-state index is -1.26. The molecule has 5 aliphatic rings. The first kappa shape index (κ1) is 26.8. The van der Waals surface area contributed by atoms with Crippen LogP contribution in [0.2, 0.25) is 0 Å². The number of aliphatic imine (C=N–C) groups is 1. The number of amides is 1. The van der Waals surface area contributed by atoms with Crippen LogP contribution in [-0.4, -0.2) is 77.0 Å². The molecule has 210 valence electrons. The van der Waals surface area contributed by atoms with Gasteiger partial charge in [0.05, 0.1) is 18.4 Å². The van der Waals surface area contributed by atoms with E-state index >= 15 is 0 Å². The number of carbonyl (C=O) groups is 1. The lowest BCUT2D eigenvalue weighted by Crippen LogP contribution is -2.77. The average molecular weight is 538 g/mol. The number of aliphatic hydroxyl groups is 3. The van der Waals surface area contributed by atoms with Gasteiger partial charge in [-0.2, -0.15) is 0 Å². The SMILES string of the molecule is COCCNC(=O)c1cccc(N=C2C=C3CCC4C(C(O)CC56OC(O)C5(O)CCC46)C3(C)CC2C=N)c1. The molecule has 1 amide bonds. The van der Waals surface area contributed by atoms with Crippen LogP contribution in [0.25, 0.3) is 0 Å². The molecule has 1 heterocycles. The maximum absolute atomic E-state index is 12.5. The van der Waals surface area contributed by atoms with Gasteiger partial charge in [-0.15, -0.1) is 0 Å². The molecule has 1 aromatic carbocycles. The number of aliphatic hydroxyl groups excluding tert-OH is 2. The van der Waals surface area contributed by atoms with Crippen molar-refractivity contribution in [2.75, 3.05) is 20.3 Å². The second-order valence-electron chi connectivity index (χ2n) is 12.3. The molecule has 6 rings (SSSR count). The standard InChI is InChI=1S/C30H39N3O6/c1-28-14-18(16-31)23(33-20-5-3-4-17(12-20)26(35)32-10-11-38-2)13-19(28)6-7-21-22-8-9-29(37)27(36)39-30(22,29)15-24(34)25(21)28/h3-5,12-13,16,18,21-22,24-25,27,31,34,36-37H,6-11,14-15H2,1-2H3,(H,32,35). The van der Waals surface area contributed by atoms with E-state index in [0.717, 1.165) is 25.0 Å². The summed E-state index contributed by atoms with van der Waals surface area (Å²) in [7, 11) is 1.59. The number of benzene rings is 1. The molecule has 9 nitrogen and oxygen atoms in total. The molecule has 4 aliphatic carbocycles. The Morgan fingerprint density at radius 1 is 1.31 bits per heavy atom. The van der Waals surface area contributed by atoms with Crippen LogP contribution >= 0.6 is 0 Å². The molecule has 1 aliphatic heterocycles. The van der Waals surface area contributed by atoms with Gasteiger partial charge >= 0.3 is 0 Å². The summed E-state index contributed by atoms with van der Waals surface area (Å²) in [6.07, 6.45) is 5.72. The maximum Gasteiger partial charge on any atom is 0.251 e. The zero-order valence-electron chi connectivity index (χ0n) is 22.6. The Morgan fingerprint density at radius 3 is 2.87 bits per heavy atom. The predicted octanol–water partition coefficient (Wildman–Crippen LogP) is 2.76. The molecule has 1 aromatic rings. The molecule has 0 aromatic heterocycles. The third-order valence-electron chi connectivity index (χ3n) is 10.5. The molecule has 0 radical (unpaired) electrons. The van der Waals surface area contributed by atoms with Crippen LogP contribution in [0.1, 0.15) is 55.8 Å².